The molecule has 1 aromatic rings. The van der Waals surface area contributed by atoms with E-state index >= 15 is 0 Å². The molecule has 0 saturated heterocycles. The lowest BCUT2D eigenvalue weighted by Crippen LogP contribution is -2.45. The summed E-state index contributed by atoms with van der Waals surface area (Å²) in [6.45, 7) is 5.28. The fraction of sp³-hybridized carbons (Fsp3) is 0.467. The monoisotopic (exact) mass is 342 g/mol. The molecule has 2 atom stereocenters. The van der Waals surface area contributed by atoms with Crippen LogP contribution < -0.4 is 10.5 Å². The number of nitrogens with one attached hydrogen (secondary N) is 1. The number of ether oxygens (including phenoxy) is 1. The van der Waals surface area contributed by atoms with Crippen LogP contribution in [0.2, 0.25) is 0 Å². The van der Waals surface area contributed by atoms with Crippen molar-refractivity contribution in [3.8, 4) is 0 Å². The van der Waals surface area contributed by atoms with E-state index < -0.39 is 27.9 Å². The fourth-order valence-electron chi connectivity index (χ4n) is 2.13. The van der Waals surface area contributed by atoms with Crippen molar-refractivity contribution in [2.24, 2.45) is 11.1 Å². The molecule has 0 aliphatic heterocycles. The highest BCUT2D eigenvalue weighted by Crippen LogP contribution is 2.16. The van der Waals surface area contributed by atoms with Gasteiger partial charge in [0.1, 0.15) is 6.04 Å². The van der Waals surface area contributed by atoms with E-state index in [0.29, 0.717) is 12.0 Å². The number of esters is 1. The van der Waals surface area contributed by atoms with Crippen molar-refractivity contribution in [2.45, 2.75) is 38.1 Å². The van der Waals surface area contributed by atoms with Gasteiger partial charge in [-0.3, -0.25) is 4.79 Å². The smallest absolute Gasteiger partial charge is 0.328 e. The normalized spacial score (nSPS) is 14.0. The maximum absolute atomic E-state index is 12.3. The Bertz CT molecular complexity index is 700. The molecule has 0 spiro atoms. The molecule has 3 N–H and O–H groups in total. The van der Waals surface area contributed by atoms with Crippen molar-refractivity contribution in [3.05, 3.63) is 29.3 Å². The number of hydrogen-bond acceptors (Lipinski definition) is 5. The predicted molar refractivity (Wildman–Crippen MR) is 85.3 cm³/mol. The van der Waals surface area contributed by atoms with Crippen LogP contribution in [-0.2, 0) is 19.6 Å². The molecule has 8 heteroatoms. The Morgan fingerprint density at radius 3 is 2.39 bits per heavy atom. The summed E-state index contributed by atoms with van der Waals surface area (Å²) >= 11 is 0. The van der Waals surface area contributed by atoms with E-state index in [1.165, 1.54) is 25.3 Å². The second kappa shape index (κ2) is 7.56. The maximum atomic E-state index is 12.3. The van der Waals surface area contributed by atoms with Gasteiger partial charge in [-0.15, -0.1) is 0 Å². The molecular formula is C15H22N2O5S. The van der Waals surface area contributed by atoms with E-state index in [-0.39, 0.29) is 16.4 Å². The van der Waals surface area contributed by atoms with Gasteiger partial charge in [0.2, 0.25) is 10.0 Å². The molecule has 0 saturated carbocycles. The van der Waals surface area contributed by atoms with Gasteiger partial charge in [-0.25, -0.2) is 18.4 Å². The molecule has 1 rings (SSSR count). The molecule has 0 fully saturated rings. The number of hydrogen-bond donors (Lipinski definition) is 2. The highest BCUT2D eigenvalue weighted by atomic mass is 32.2. The van der Waals surface area contributed by atoms with Crippen LogP contribution in [0.4, 0.5) is 0 Å². The largest absolute Gasteiger partial charge is 0.467 e. The van der Waals surface area contributed by atoms with Gasteiger partial charge in [-0.2, -0.15) is 0 Å². The van der Waals surface area contributed by atoms with Crippen molar-refractivity contribution < 1.29 is 22.7 Å². The average molecular weight is 342 g/mol. The lowest BCUT2D eigenvalue weighted by Gasteiger charge is -2.22. The standard InChI is InChI=1S/C15H22N2O5S/c1-5-9(2)13(15(19)22-4)17-14(18)11-6-7-12(10(3)8-11)23(16,20)21/h6-9,13H,5H2,1-4H3,(H,17,18)(H2,16,20,21)/t9-,13-/m0/s1. The van der Waals surface area contributed by atoms with E-state index in [0.717, 1.165) is 0 Å². The fourth-order valence-corrected chi connectivity index (χ4v) is 2.90. The van der Waals surface area contributed by atoms with Crippen LogP contribution in [-0.4, -0.2) is 33.4 Å². The molecule has 7 nitrogen and oxygen atoms in total. The zero-order valence-corrected chi connectivity index (χ0v) is 14.4. The first-order valence-electron chi connectivity index (χ1n) is 7.14. The minimum Gasteiger partial charge on any atom is -0.467 e. The lowest BCUT2D eigenvalue weighted by molar-refractivity contribution is -0.144. The van der Waals surface area contributed by atoms with E-state index in [1.807, 2.05) is 13.8 Å². The van der Waals surface area contributed by atoms with E-state index in [2.05, 4.69) is 5.32 Å². The quantitative estimate of drug-likeness (QED) is 0.747. The average Bonchev–Trinajstić information content (AvgIpc) is 2.49. The number of nitrogens with two attached hydrogens (primary N) is 1. The Balaban J connectivity index is 3.05. The van der Waals surface area contributed by atoms with Crippen molar-refractivity contribution in [2.75, 3.05) is 7.11 Å². The summed E-state index contributed by atoms with van der Waals surface area (Å²) in [7, 11) is -2.58. The van der Waals surface area contributed by atoms with Gasteiger partial charge in [0.25, 0.3) is 5.91 Å². The third-order valence-electron chi connectivity index (χ3n) is 3.70. The van der Waals surface area contributed by atoms with Crippen LogP contribution in [0.3, 0.4) is 0 Å². The molecule has 1 amide bonds. The minimum absolute atomic E-state index is 0.0412. The first kappa shape index (κ1) is 19.1. The number of carbonyl (C=O) groups is 2. The summed E-state index contributed by atoms with van der Waals surface area (Å²) in [5.74, 6) is -1.11. The van der Waals surface area contributed by atoms with Gasteiger partial charge in [0, 0.05) is 5.56 Å². The molecule has 0 unspecified atom stereocenters. The minimum atomic E-state index is -3.84. The third kappa shape index (κ3) is 4.77. The van der Waals surface area contributed by atoms with Crippen molar-refractivity contribution >= 4 is 21.9 Å². The lowest BCUT2D eigenvalue weighted by atomic mass is 9.98. The molecule has 0 radical (unpaired) electrons. The van der Waals surface area contributed by atoms with E-state index in [4.69, 9.17) is 9.88 Å². The number of rotatable bonds is 6. The topological polar surface area (TPSA) is 116 Å². The van der Waals surface area contributed by atoms with Crippen LogP contribution in [0.25, 0.3) is 0 Å². The summed E-state index contributed by atoms with van der Waals surface area (Å²) in [6.07, 6.45) is 0.684. The number of primary sulfonamides is 1. The first-order chi connectivity index (χ1) is 10.6. The van der Waals surface area contributed by atoms with Gasteiger partial charge >= 0.3 is 5.97 Å². The summed E-state index contributed by atoms with van der Waals surface area (Å²) in [4.78, 5) is 24.1. The molecule has 23 heavy (non-hydrogen) atoms. The Labute approximate surface area is 136 Å². The Kier molecular flexibility index (Phi) is 6.28. The molecular weight excluding hydrogens is 320 g/mol. The zero-order valence-electron chi connectivity index (χ0n) is 13.6. The second-order valence-electron chi connectivity index (χ2n) is 5.39. The van der Waals surface area contributed by atoms with Crippen molar-refractivity contribution in [1.29, 1.82) is 0 Å². The molecule has 128 valence electrons. The number of sulfonamides is 1. The van der Waals surface area contributed by atoms with Gasteiger partial charge in [-0.05, 0) is 36.6 Å². The number of aryl methyl sites for hydroxylation is 1. The van der Waals surface area contributed by atoms with E-state index in [9.17, 15) is 18.0 Å². The van der Waals surface area contributed by atoms with Crippen LogP contribution in [0, 0.1) is 12.8 Å². The predicted octanol–water partition coefficient (Wildman–Crippen LogP) is 0.960. The highest BCUT2D eigenvalue weighted by molar-refractivity contribution is 7.89. The molecule has 1 aromatic carbocycles. The number of methoxy groups -OCH3 is 1. The molecule has 0 aliphatic rings. The van der Waals surface area contributed by atoms with Crippen LogP contribution in [0.5, 0.6) is 0 Å². The Morgan fingerprint density at radius 1 is 1.35 bits per heavy atom. The van der Waals surface area contributed by atoms with Gasteiger partial charge in [-0.1, -0.05) is 20.3 Å². The summed E-state index contributed by atoms with van der Waals surface area (Å²) in [6, 6.07) is 3.28. The Morgan fingerprint density at radius 2 is 1.96 bits per heavy atom. The van der Waals surface area contributed by atoms with Gasteiger partial charge in [0.05, 0.1) is 12.0 Å². The zero-order chi connectivity index (χ0) is 17.8. The number of benzene rings is 1. The molecule has 0 bridgehead atoms. The third-order valence-corrected chi connectivity index (χ3v) is 4.77. The highest BCUT2D eigenvalue weighted by Gasteiger charge is 2.27. The molecule has 0 aliphatic carbocycles. The van der Waals surface area contributed by atoms with Crippen molar-refractivity contribution in [1.82, 2.24) is 5.32 Å². The maximum Gasteiger partial charge on any atom is 0.328 e. The summed E-state index contributed by atoms with van der Waals surface area (Å²) in [5.41, 5.74) is 0.602. The van der Waals surface area contributed by atoms with Gasteiger partial charge < -0.3 is 10.1 Å². The SMILES string of the molecule is CC[C@H](C)[C@H](NC(=O)c1ccc(S(N)(=O)=O)c(C)c1)C(=O)OC. The van der Waals surface area contributed by atoms with Crippen LogP contribution >= 0.6 is 0 Å². The Hall–Kier alpha value is -1.93. The number of amides is 1. The van der Waals surface area contributed by atoms with Crippen molar-refractivity contribution in [3.63, 3.8) is 0 Å². The molecule has 0 heterocycles. The van der Waals surface area contributed by atoms with Crippen LogP contribution in [0.15, 0.2) is 23.1 Å². The number of carbonyl (C=O) groups excluding carboxylic acids is 2. The summed E-state index contributed by atoms with van der Waals surface area (Å²) < 4.78 is 27.5. The molecule has 0 aromatic heterocycles. The summed E-state index contributed by atoms with van der Waals surface area (Å²) in [5, 5.41) is 7.72. The first-order valence-corrected chi connectivity index (χ1v) is 8.68. The second-order valence-corrected chi connectivity index (χ2v) is 6.91. The van der Waals surface area contributed by atoms with E-state index in [1.54, 1.807) is 6.92 Å². The van der Waals surface area contributed by atoms with Crippen LogP contribution in [0.1, 0.15) is 36.2 Å². The van der Waals surface area contributed by atoms with Gasteiger partial charge in [0.15, 0.2) is 0 Å².